The first kappa shape index (κ1) is 18.2. The van der Waals surface area contributed by atoms with E-state index in [1.807, 2.05) is 23.6 Å². The zero-order valence-electron chi connectivity index (χ0n) is 14.1. The molecule has 0 aliphatic rings. The standard InChI is InChI=1S/C19H17N3O2S2/c1-13(23)20-15-7-5-6-14(10-15)18(24)22-19-21-16(12-26-19)11-25-17-8-3-2-4-9-17/h2-10,12H,11H2,1H3,(H,20,23)(H,21,22,24). The highest BCUT2D eigenvalue weighted by Crippen LogP contribution is 2.25. The van der Waals surface area contributed by atoms with Crippen LogP contribution in [0.2, 0.25) is 0 Å². The number of benzene rings is 2. The summed E-state index contributed by atoms with van der Waals surface area (Å²) in [4.78, 5) is 29.1. The Morgan fingerprint density at radius 1 is 1.08 bits per heavy atom. The topological polar surface area (TPSA) is 71.1 Å². The summed E-state index contributed by atoms with van der Waals surface area (Å²) in [7, 11) is 0. The predicted octanol–water partition coefficient (Wildman–Crippen LogP) is 4.65. The van der Waals surface area contributed by atoms with Crippen LogP contribution in [0.25, 0.3) is 0 Å². The van der Waals surface area contributed by atoms with Crippen molar-refractivity contribution in [1.82, 2.24) is 4.98 Å². The Labute approximate surface area is 159 Å². The van der Waals surface area contributed by atoms with Crippen molar-refractivity contribution in [3.8, 4) is 0 Å². The van der Waals surface area contributed by atoms with Crippen LogP contribution < -0.4 is 10.6 Å². The Morgan fingerprint density at radius 2 is 1.88 bits per heavy atom. The molecule has 2 aromatic carbocycles. The van der Waals surface area contributed by atoms with E-state index in [1.165, 1.54) is 23.2 Å². The number of nitrogens with zero attached hydrogens (tertiary/aromatic N) is 1. The lowest BCUT2D eigenvalue weighted by molar-refractivity contribution is -0.114. The van der Waals surface area contributed by atoms with E-state index in [0.29, 0.717) is 16.4 Å². The Hall–Kier alpha value is -2.64. The molecule has 1 heterocycles. The molecule has 1 aromatic heterocycles. The van der Waals surface area contributed by atoms with Gasteiger partial charge in [0.05, 0.1) is 5.69 Å². The van der Waals surface area contributed by atoms with Crippen LogP contribution in [0.3, 0.4) is 0 Å². The van der Waals surface area contributed by atoms with E-state index in [2.05, 4.69) is 27.8 Å². The van der Waals surface area contributed by atoms with E-state index < -0.39 is 0 Å². The first-order chi connectivity index (χ1) is 12.6. The number of nitrogens with one attached hydrogen (secondary N) is 2. The average Bonchev–Trinajstić information content (AvgIpc) is 3.08. The lowest BCUT2D eigenvalue weighted by Gasteiger charge is -2.05. The molecule has 26 heavy (non-hydrogen) atoms. The molecule has 0 aliphatic carbocycles. The molecule has 0 saturated carbocycles. The van der Waals surface area contributed by atoms with Gasteiger partial charge >= 0.3 is 0 Å². The van der Waals surface area contributed by atoms with Crippen LogP contribution in [0.15, 0.2) is 64.9 Å². The third-order valence-electron chi connectivity index (χ3n) is 3.35. The molecule has 0 radical (unpaired) electrons. The van der Waals surface area contributed by atoms with Gasteiger partial charge in [0.15, 0.2) is 5.13 Å². The molecule has 0 unspecified atom stereocenters. The number of thioether (sulfide) groups is 1. The average molecular weight is 383 g/mol. The van der Waals surface area contributed by atoms with Crippen molar-refractivity contribution in [3.05, 3.63) is 71.2 Å². The first-order valence-corrected chi connectivity index (χ1v) is 9.78. The maximum absolute atomic E-state index is 12.4. The van der Waals surface area contributed by atoms with Crippen molar-refractivity contribution >= 4 is 45.7 Å². The summed E-state index contributed by atoms with van der Waals surface area (Å²) in [6.07, 6.45) is 0. The Kier molecular flexibility index (Phi) is 6.04. The number of aromatic nitrogens is 1. The summed E-state index contributed by atoms with van der Waals surface area (Å²) in [5.74, 6) is 0.311. The molecular formula is C19H17N3O2S2. The van der Waals surface area contributed by atoms with Crippen LogP contribution in [0, 0.1) is 0 Å². The summed E-state index contributed by atoms with van der Waals surface area (Å²) in [6.45, 7) is 1.43. The summed E-state index contributed by atoms with van der Waals surface area (Å²) in [5.41, 5.74) is 1.97. The van der Waals surface area contributed by atoms with E-state index in [-0.39, 0.29) is 11.8 Å². The highest BCUT2D eigenvalue weighted by molar-refractivity contribution is 7.98. The molecule has 5 nitrogen and oxygen atoms in total. The zero-order chi connectivity index (χ0) is 18.4. The lowest BCUT2D eigenvalue weighted by Crippen LogP contribution is -2.13. The van der Waals surface area contributed by atoms with E-state index >= 15 is 0 Å². The van der Waals surface area contributed by atoms with Crippen molar-refractivity contribution in [3.63, 3.8) is 0 Å². The number of carbonyl (C=O) groups excluding carboxylic acids is 2. The van der Waals surface area contributed by atoms with E-state index in [4.69, 9.17) is 0 Å². The van der Waals surface area contributed by atoms with Crippen LogP contribution in [0.4, 0.5) is 10.8 Å². The van der Waals surface area contributed by atoms with Gasteiger partial charge in [-0.2, -0.15) is 0 Å². The van der Waals surface area contributed by atoms with Gasteiger partial charge in [-0.25, -0.2) is 4.98 Å². The minimum Gasteiger partial charge on any atom is -0.326 e. The van der Waals surface area contributed by atoms with Crippen LogP contribution in [0.1, 0.15) is 23.0 Å². The third-order valence-corrected chi connectivity index (χ3v) is 5.20. The monoisotopic (exact) mass is 383 g/mol. The summed E-state index contributed by atoms with van der Waals surface area (Å²) in [5, 5.41) is 7.97. The Bertz CT molecular complexity index is 910. The van der Waals surface area contributed by atoms with Gasteiger partial charge in [-0.3, -0.25) is 14.9 Å². The number of hydrogen-bond donors (Lipinski definition) is 2. The molecule has 0 bridgehead atoms. The summed E-state index contributed by atoms with van der Waals surface area (Å²) >= 11 is 3.10. The van der Waals surface area contributed by atoms with Gasteiger partial charge in [0.2, 0.25) is 5.91 Å². The third kappa shape index (κ3) is 5.18. The molecular weight excluding hydrogens is 366 g/mol. The van der Waals surface area contributed by atoms with Crippen molar-refractivity contribution in [1.29, 1.82) is 0 Å². The van der Waals surface area contributed by atoms with Gasteiger partial charge < -0.3 is 5.32 Å². The molecule has 2 N–H and O–H groups in total. The molecule has 0 saturated heterocycles. The van der Waals surface area contributed by atoms with Crippen LogP contribution in [-0.4, -0.2) is 16.8 Å². The van der Waals surface area contributed by atoms with E-state index in [9.17, 15) is 9.59 Å². The molecule has 0 spiro atoms. The van der Waals surface area contributed by atoms with Crippen LogP contribution >= 0.6 is 23.1 Å². The van der Waals surface area contributed by atoms with Crippen LogP contribution in [-0.2, 0) is 10.5 Å². The SMILES string of the molecule is CC(=O)Nc1cccc(C(=O)Nc2nc(CSc3ccccc3)cs2)c1. The fraction of sp³-hybridized carbons (Fsp3) is 0.105. The van der Waals surface area contributed by atoms with Gasteiger partial charge in [0, 0.05) is 34.2 Å². The minimum absolute atomic E-state index is 0.178. The van der Waals surface area contributed by atoms with Crippen molar-refractivity contribution in [2.45, 2.75) is 17.6 Å². The smallest absolute Gasteiger partial charge is 0.257 e. The molecule has 3 aromatic rings. The molecule has 0 fully saturated rings. The number of rotatable bonds is 6. The molecule has 132 valence electrons. The molecule has 2 amide bonds. The number of thiazole rings is 1. The molecule has 3 rings (SSSR count). The van der Waals surface area contributed by atoms with Gasteiger partial charge in [0.25, 0.3) is 5.91 Å². The van der Waals surface area contributed by atoms with E-state index in [0.717, 1.165) is 11.4 Å². The zero-order valence-corrected chi connectivity index (χ0v) is 15.7. The number of anilines is 2. The van der Waals surface area contributed by atoms with Crippen molar-refractivity contribution in [2.75, 3.05) is 10.6 Å². The number of carbonyl (C=O) groups is 2. The summed E-state index contributed by atoms with van der Waals surface area (Å²) in [6, 6.07) is 16.9. The Balaban J connectivity index is 1.60. The summed E-state index contributed by atoms with van der Waals surface area (Å²) < 4.78 is 0. The highest BCUT2D eigenvalue weighted by atomic mass is 32.2. The fourth-order valence-electron chi connectivity index (χ4n) is 2.22. The second kappa shape index (κ2) is 8.64. The lowest BCUT2D eigenvalue weighted by atomic mass is 10.2. The quantitative estimate of drug-likeness (QED) is 0.608. The molecule has 0 atom stereocenters. The molecule has 7 heteroatoms. The van der Waals surface area contributed by atoms with Gasteiger partial charge in [-0.15, -0.1) is 23.1 Å². The van der Waals surface area contributed by atoms with E-state index in [1.54, 1.807) is 36.0 Å². The predicted molar refractivity (Wildman–Crippen MR) is 107 cm³/mol. The molecule has 0 aliphatic heterocycles. The maximum Gasteiger partial charge on any atom is 0.257 e. The van der Waals surface area contributed by atoms with Gasteiger partial charge in [-0.05, 0) is 30.3 Å². The second-order valence-electron chi connectivity index (χ2n) is 5.46. The van der Waals surface area contributed by atoms with Crippen molar-refractivity contribution in [2.24, 2.45) is 0 Å². The number of hydrogen-bond acceptors (Lipinski definition) is 5. The largest absolute Gasteiger partial charge is 0.326 e. The van der Waals surface area contributed by atoms with Gasteiger partial charge in [-0.1, -0.05) is 24.3 Å². The fourth-order valence-corrected chi connectivity index (χ4v) is 3.84. The maximum atomic E-state index is 12.4. The highest BCUT2D eigenvalue weighted by Gasteiger charge is 2.10. The van der Waals surface area contributed by atoms with Gasteiger partial charge in [0.1, 0.15) is 0 Å². The van der Waals surface area contributed by atoms with Crippen molar-refractivity contribution < 1.29 is 9.59 Å². The minimum atomic E-state index is -0.256. The normalized spacial score (nSPS) is 10.3. The van der Waals surface area contributed by atoms with Crippen LogP contribution in [0.5, 0.6) is 0 Å². The Morgan fingerprint density at radius 3 is 2.65 bits per heavy atom. The second-order valence-corrected chi connectivity index (χ2v) is 7.37. The number of amides is 2. The first-order valence-electron chi connectivity index (χ1n) is 7.91.